The number of amides is 1. The van der Waals surface area contributed by atoms with Gasteiger partial charge in [0, 0.05) is 11.4 Å². The highest BCUT2D eigenvalue weighted by atomic mass is 32.2. The molecule has 0 aliphatic carbocycles. The molecule has 2 heterocycles. The number of unbranched alkanes of at least 4 members (excludes halogenated alkanes) is 1. The fourth-order valence-electron chi connectivity index (χ4n) is 2.01. The molecule has 132 valence electrons. The first-order chi connectivity index (χ1) is 11.4. The number of aromatic nitrogens is 4. The molecule has 0 saturated carbocycles. The number of tetrazole rings is 1. The van der Waals surface area contributed by atoms with E-state index in [9.17, 15) is 13.2 Å². The fourth-order valence-corrected chi connectivity index (χ4v) is 3.88. The van der Waals surface area contributed by atoms with E-state index in [1.165, 1.54) is 22.9 Å². The summed E-state index contributed by atoms with van der Waals surface area (Å²) in [6.07, 6.45) is 1.81. The fraction of sp³-hybridized carbons (Fsp3) is 0.571. The third-order valence-corrected chi connectivity index (χ3v) is 6.41. The summed E-state index contributed by atoms with van der Waals surface area (Å²) in [6.45, 7) is 4.30. The van der Waals surface area contributed by atoms with E-state index in [1.807, 2.05) is 24.4 Å². The van der Waals surface area contributed by atoms with Crippen molar-refractivity contribution >= 4 is 27.1 Å². The summed E-state index contributed by atoms with van der Waals surface area (Å²) in [7, 11) is -3.69. The normalized spacial score (nSPS) is 12.9. The lowest BCUT2D eigenvalue weighted by Crippen LogP contribution is -2.38. The molecular weight excluding hydrogens is 350 g/mol. The second kappa shape index (κ2) is 8.34. The highest BCUT2D eigenvalue weighted by molar-refractivity contribution is 7.92. The van der Waals surface area contributed by atoms with Crippen LogP contribution in [0.15, 0.2) is 17.5 Å². The van der Waals surface area contributed by atoms with E-state index in [1.54, 1.807) is 0 Å². The first-order valence-corrected chi connectivity index (χ1v) is 10.3. The van der Waals surface area contributed by atoms with Gasteiger partial charge in [-0.15, -0.1) is 16.4 Å². The minimum absolute atomic E-state index is 0.265. The molecule has 2 aromatic rings. The third kappa shape index (κ3) is 4.84. The second-order valence-electron chi connectivity index (χ2n) is 5.42. The zero-order valence-corrected chi connectivity index (χ0v) is 15.3. The average Bonchev–Trinajstić information content (AvgIpc) is 3.21. The van der Waals surface area contributed by atoms with Crippen LogP contribution in [0.5, 0.6) is 0 Å². The minimum Gasteiger partial charge on any atom is -0.350 e. The maximum absolute atomic E-state index is 12.5. The molecule has 8 nitrogen and oxygen atoms in total. The highest BCUT2D eigenvalue weighted by Gasteiger charge is 2.30. The van der Waals surface area contributed by atoms with Crippen LogP contribution in [0.1, 0.15) is 37.4 Å². The van der Waals surface area contributed by atoms with E-state index in [4.69, 9.17) is 0 Å². The number of carbonyl (C=O) groups is 1. The van der Waals surface area contributed by atoms with Crippen molar-refractivity contribution in [3.63, 3.8) is 0 Å². The molecule has 0 aliphatic rings. The van der Waals surface area contributed by atoms with Crippen molar-refractivity contribution in [3.05, 3.63) is 28.2 Å². The second-order valence-corrected chi connectivity index (χ2v) is 8.77. The number of rotatable bonds is 9. The summed E-state index contributed by atoms with van der Waals surface area (Å²) in [4.78, 5) is 13.1. The number of nitrogens with zero attached hydrogens (tertiary/aromatic N) is 4. The van der Waals surface area contributed by atoms with Gasteiger partial charge in [-0.25, -0.2) is 13.1 Å². The van der Waals surface area contributed by atoms with Crippen LogP contribution < -0.4 is 5.32 Å². The largest absolute Gasteiger partial charge is 0.350 e. The topological polar surface area (TPSA) is 107 Å². The Kier molecular flexibility index (Phi) is 6.44. The molecule has 0 saturated heterocycles. The Morgan fingerprint density at radius 3 is 2.92 bits per heavy atom. The zero-order chi connectivity index (χ0) is 17.6. The van der Waals surface area contributed by atoms with Crippen molar-refractivity contribution in [2.45, 2.75) is 50.8 Å². The van der Waals surface area contributed by atoms with Crippen LogP contribution in [0.4, 0.5) is 0 Å². The van der Waals surface area contributed by atoms with Gasteiger partial charge in [-0.2, -0.15) is 0 Å². The van der Waals surface area contributed by atoms with Gasteiger partial charge in [0.05, 0.1) is 6.54 Å². The van der Waals surface area contributed by atoms with Crippen molar-refractivity contribution < 1.29 is 13.2 Å². The molecule has 1 atom stereocenters. The van der Waals surface area contributed by atoms with Crippen LogP contribution in [0.25, 0.3) is 0 Å². The van der Waals surface area contributed by atoms with Crippen molar-refractivity contribution in [2.75, 3.05) is 0 Å². The number of sulfone groups is 1. The first kappa shape index (κ1) is 18.5. The van der Waals surface area contributed by atoms with Crippen molar-refractivity contribution in [2.24, 2.45) is 0 Å². The molecule has 0 bridgehead atoms. The predicted molar refractivity (Wildman–Crippen MR) is 91.0 cm³/mol. The van der Waals surface area contributed by atoms with Gasteiger partial charge in [0.15, 0.2) is 15.7 Å². The van der Waals surface area contributed by atoms with Gasteiger partial charge < -0.3 is 5.32 Å². The number of nitrogens with one attached hydrogen (secondary N) is 1. The summed E-state index contributed by atoms with van der Waals surface area (Å²) < 4.78 is 26.4. The SMILES string of the molecule is CCCCn1nnnc1CS(=O)(=O)C(C)C(=O)NCc1cccs1. The Bertz CT molecular complexity index is 755. The molecule has 0 aliphatic heterocycles. The lowest BCUT2D eigenvalue weighted by Gasteiger charge is -2.13. The number of aryl methyl sites for hydroxylation is 1. The van der Waals surface area contributed by atoms with E-state index < -0.39 is 21.0 Å². The number of carbonyl (C=O) groups excluding carboxylic acids is 1. The van der Waals surface area contributed by atoms with E-state index in [0.717, 1.165) is 17.7 Å². The third-order valence-electron chi connectivity index (χ3n) is 3.58. The molecule has 2 rings (SSSR count). The Morgan fingerprint density at radius 1 is 1.46 bits per heavy atom. The molecular formula is C14H21N5O3S2. The van der Waals surface area contributed by atoms with E-state index in [2.05, 4.69) is 20.8 Å². The van der Waals surface area contributed by atoms with Crippen LogP contribution >= 0.6 is 11.3 Å². The maximum atomic E-state index is 12.5. The summed E-state index contributed by atoms with van der Waals surface area (Å²) in [6, 6.07) is 3.76. The monoisotopic (exact) mass is 371 g/mol. The van der Waals surface area contributed by atoms with Crippen LogP contribution in [0.3, 0.4) is 0 Å². The van der Waals surface area contributed by atoms with Gasteiger partial charge in [-0.3, -0.25) is 4.79 Å². The van der Waals surface area contributed by atoms with Crippen LogP contribution in [0, 0.1) is 0 Å². The van der Waals surface area contributed by atoms with Crippen molar-refractivity contribution in [1.82, 2.24) is 25.5 Å². The predicted octanol–water partition coefficient (Wildman–Crippen LogP) is 1.15. The molecule has 24 heavy (non-hydrogen) atoms. The Morgan fingerprint density at radius 2 is 2.25 bits per heavy atom. The summed E-state index contributed by atoms with van der Waals surface area (Å²) >= 11 is 1.50. The van der Waals surface area contributed by atoms with Crippen molar-refractivity contribution in [1.29, 1.82) is 0 Å². The van der Waals surface area contributed by atoms with Gasteiger partial charge in [0.1, 0.15) is 11.0 Å². The first-order valence-electron chi connectivity index (χ1n) is 7.70. The maximum Gasteiger partial charge on any atom is 0.238 e. The number of thiophene rings is 1. The molecule has 1 N–H and O–H groups in total. The molecule has 0 radical (unpaired) electrons. The molecule has 10 heteroatoms. The summed E-state index contributed by atoms with van der Waals surface area (Å²) in [5.74, 6) is -0.602. The van der Waals surface area contributed by atoms with Crippen LogP contribution in [-0.4, -0.2) is 39.8 Å². The smallest absolute Gasteiger partial charge is 0.238 e. The molecule has 1 unspecified atom stereocenters. The molecule has 0 spiro atoms. The Hall–Kier alpha value is -1.81. The van der Waals surface area contributed by atoms with Crippen LogP contribution in [-0.2, 0) is 33.5 Å². The van der Waals surface area contributed by atoms with Gasteiger partial charge >= 0.3 is 0 Å². The Balaban J connectivity index is 1.98. The van der Waals surface area contributed by atoms with Gasteiger partial charge in [-0.1, -0.05) is 19.4 Å². The highest BCUT2D eigenvalue weighted by Crippen LogP contribution is 2.11. The van der Waals surface area contributed by atoms with E-state index in [-0.39, 0.29) is 11.6 Å². The van der Waals surface area contributed by atoms with Gasteiger partial charge in [-0.05, 0) is 35.2 Å². The van der Waals surface area contributed by atoms with Crippen molar-refractivity contribution in [3.8, 4) is 0 Å². The number of hydrogen-bond acceptors (Lipinski definition) is 7. The zero-order valence-electron chi connectivity index (χ0n) is 13.7. The summed E-state index contributed by atoms with van der Waals surface area (Å²) in [5.41, 5.74) is 0. The van der Waals surface area contributed by atoms with Crippen LogP contribution in [0.2, 0.25) is 0 Å². The summed E-state index contributed by atoms with van der Waals surface area (Å²) in [5, 5.41) is 14.5. The van der Waals surface area contributed by atoms with Gasteiger partial charge in [0.25, 0.3) is 0 Å². The molecule has 0 fully saturated rings. The van der Waals surface area contributed by atoms with E-state index >= 15 is 0 Å². The average molecular weight is 371 g/mol. The van der Waals surface area contributed by atoms with Gasteiger partial charge in [0.2, 0.25) is 5.91 Å². The molecule has 0 aromatic carbocycles. The standard InChI is InChI=1S/C14H21N5O3S2/c1-3-4-7-19-13(16-17-18-19)10-24(21,22)11(2)14(20)15-9-12-6-5-8-23-12/h5-6,8,11H,3-4,7,9-10H2,1-2H3,(H,15,20). The number of hydrogen-bond donors (Lipinski definition) is 1. The molecule has 2 aromatic heterocycles. The minimum atomic E-state index is -3.69. The van der Waals surface area contributed by atoms with E-state index in [0.29, 0.717) is 13.1 Å². The Labute approximate surface area is 145 Å². The lowest BCUT2D eigenvalue weighted by atomic mass is 10.3. The molecule has 1 amide bonds. The quantitative estimate of drug-likeness (QED) is 0.709. The lowest BCUT2D eigenvalue weighted by molar-refractivity contribution is -0.120.